The van der Waals surface area contributed by atoms with Crippen LogP contribution in [0.5, 0.6) is 5.75 Å². The minimum atomic E-state index is 0.431. The highest BCUT2D eigenvalue weighted by molar-refractivity contribution is 5.78. The number of rotatable bonds is 6. The molecule has 1 saturated heterocycles. The average Bonchev–Trinajstić information content (AvgIpc) is 3.11. The van der Waals surface area contributed by atoms with Gasteiger partial charge in [-0.2, -0.15) is 5.10 Å². The van der Waals surface area contributed by atoms with Crippen molar-refractivity contribution in [3.05, 3.63) is 60.3 Å². The Balaban J connectivity index is 1.45. The maximum absolute atomic E-state index is 5.66. The monoisotopic (exact) mass is 350 g/mol. The third-order valence-electron chi connectivity index (χ3n) is 5.02. The highest BCUT2D eigenvalue weighted by Crippen LogP contribution is 2.26. The van der Waals surface area contributed by atoms with Crippen LogP contribution in [0.4, 0.5) is 0 Å². The second kappa shape index (κ2) is 7.89. The van der Waals surface area contributed by atoms with Gasteiger partial charge in [0.05, 0.1) is 17.8 Å². The van der Waals surface area contributed by atoms with Gasteiger partial charge in [-0.25, -0.2) is 0 Å². The van der Waals surface area contributed by atoms with Crippen LogP contribution in [0.25, 0.3) is 10.9 Å². The Kier molecular flexibility index (Phi) is 5.18. The van der Waals surface area contributed by atoms with Crippen LogP contribution in [-0.2, 0) is 6.54 Å². The van der Waals surface area contributed by atoms with E-state index < -0.39 is 0 Å². The number of piperidine rings is 1. The maximum atomic E-state index is 5.66. The molecule has 1 fully saturated rings. The molecule has 5 nitrogen and oxygen atoms in total. The molecule has 1 aliphatic rings. The largest absolute Gasteiger partial charge is 0.492 e. The highest BCUT2D eigenvalue weighted by Gasteiger charge is 2.23. The van der Waals surface area contributed by atoms with Crippen molar-refractivity contribution in [3.63, 3.8) is 0 Å². The Hall–Kier alpha value is -2.37. The Morgan fingerprint density at radius 2 is 2.08 bits per heavy atom. The molecule has 0 spiro atoms. The average molecular weight is 350 g/mol. The van der Waals surface area contributed by atoms with Gasteiger partial charge in [0.25, 0.3) is 0 Å². The molecule has 1 aromatic heterocycles. The number of ether oxygens (including phenoxy) is 1. The fourth-order valence-electron chi connectivity index (χ4n) is 3.83. The van der Waals surface area contributed by atoms with Crippen LogP contribution in [0.15, 0.2) is 54.7 Å². The van der Waals surface area contributed by atoms with Crippen LogP contribution in [0, 0.1) is 0 Å². The summed E-state index contributed by atoms with van der Waals surface area (Å²) in [5.41, 5.74) is 8.04. The second-order valence-corrected chi connectivity index (χ2v) is 6.96. The zero-order chi connectivity index (χ0) is 17.8. The lowest BCUT2D eigenvalue weighted by atomic mass is 10.0. The minimum absolute atomic E-state index is 0.431. The number of aromatic nitrogens is 2. The summed E-state index contributed by atoms with van der Waals surface area (Å²) in [5, 5.41) is 5.88. The van der Waals surface area contributed by atoms with Crippen LogP contribution < -0.4 is 10.5 Å². The van der Waals surface area contributed by atoms with Crippen LogP contribution in [0.3, 0.4) is 0 Å². The van der Waals surface area contributed by atoms with Crippen LogP contribution in [-0.4, -0.2) is 40.9 Å². The normalized spacial score (nSPS) is 18.3. The van der Waals surface area contributed by atoms with E-state index in [0.717, 1.165) is 25.4 Å². The van der Waals surface area contributed by atoms with Crippen molar-refractivity contribution in [1.82, 2.24) is 14.7 Å². The number of hydrogen-bond donors (Lipinski definition) is 1. The number of fused-ring (bicyclic) bond motifs is 1. The van der Waals surface area contributed by atoms with Crippen LogP contribution >= 0.6 is 0 Å². The lowest BCUT2D eigenvalue weighted by molar-refractivity contribution is 0.165. The molecule has 0 aliphatic carbocycles. The topological polar surface area (TPSA) is 56.3 Å². The number of benzene rings is 2. The molecule has 0 bridgehead atoms. The van der Waals surface area contributed by atoms with E-state index in [0.29, 0.717) is 19.2 Å². The van der Waals surface area contributed by atoms with Gasteiger partial charge >= 0.3 is 0 Å². The molecule has 2 heterocycles. The SMILES string of the molecule is NCCOc1cccc(CN2CCCC(n3ncc4ccccc43)C2)c1. The summed E-state index contributed by atoms with van der Waals surface area (Å²) in [5.74, 6) is 0.902. The Labute approximate surface area is 154 Å². The van der Waals surface area contributed by atoms with Crippen molar-refractivity contribution in [1.29, 1.82) is 0 Å². The van der Waals surface area contributed by atoms with Gasteiger partial charge in [0.15, 0.2) is 0 Å². The van der Waals surface area contributed by atoms with E-state index >= 15 is 0 Å². The third-order valence-corrected chi connectivity index (χ3v) is 5.02. The summed E-state index contributed by atoms with van der Waals surface area (Å²) in [6, 6.07) is 17.2. The predicted octanol–water partition coefficient (Wildman–Crippen LogP) is 3.21. The smallest absolute Gasteiger partial charge is 0.119 e. The highest BCUT2D eigenvalue weighted by atomic mass is 16.5. The van der Waals surface area contributed by atoms with Crippen molar-refractivity contribution < 1.29 is 4.74 Å². The number of hydrogen-bond acceptors (Lipinski definition) is 4. The molecule has 3 aromatic rings. The van der Waals surface area contributed by atoms with Crippen molar-refractivity contribution in [2.24, 2.45) is 5.73 Å². The first-order chi connectivity index (χ1) is 12.8. The summed E-state index contributed by atoms with van der Waals surface area (Å²) < 4.78 is 7.87. The summed E-state index contributed by atoms with van der Waals surface area (Å²) >= 11 is 0. The van der Waals surface area contributed by atoms with Gasteiger partial charge < -0.3 is 10.5 Å². The molecule has 136 valence electrons. The molecule has 2 N–H and O–H groups in total. The van der Waals surface area contributed by atoms with Crippen molar-refractivity contribution in [2.45, 2.75) is 25.4 Å². The molecule has 1 unspecified atom stereocenters. The minimum Gasteiger partial charge on any atom is -0.492 e. The van der Waals surface area contributed by atoms with Gasteiger partial charge in [0.2, 0.25) is 0 Å². The van der Waals surface area contributed by atoms with Crippen molar-refractivity contribution in [2.75, 3.05) is 26.2 Å². The van der Waals surface area contributed by atoms with Crippen molar-refractivity contribution in [3.8, 4) is 5.75 Å². The summed E-state index contributed by atoms with van der Waals surface area (Å²) in [6.07, 6.45) is 4.36. The third kappa shape index (κ3) is 3.74. The van der Waals surface area contributed by atoms with Gasteiger partial charge in [0.1, 0.15) is 12.4 Å². The summed E-state index contributed by atoms with van der Waals surface area (Å²) in [6.45, 7) is 4.19. The number of nitrogens with zero attached hydrogens (tertiary/aromatic N) is 3. The standard InChI is InChI=1S/C21H26N4O/c22-10-12-26-20-8-3-5-17(13-20)15-24-11-4-7-19(16-24)25-21-9-2-1-6-18(21)14-23-25/h1-3,5-6,8-9,13-14,19H,4,7,10-12,15-16,22H2. The first kappa shape index (κ1) is 17.1. The number of para-hydroxylation sites is 1. The lowest BCUT2D eigenvalue weighted by Gasteiger charge is -2.33. The molecule has 1 atom stereocenters. The van der Waals surface area contributed by atoms with E-state index in [9.17, 15) is 0 Å². The summed E-state index contributed by atoms with van der Waals surface area (Å²) in [4.78, 5) is 2.52. The molecular weight excluding hydrogens is 324 g/mol. The van der Waals surface area contributed by atoms with E-state index in [1.165, 1.54) is 29.3 Å². The molecule has 1 aliphatic heterocycles. The number of likely N-dealkylation sites (tertiary alicyclic amines) is 1. The van der Waals surface area contributed by atoms with E-state index in [2.05, 4.69) is 57.1 Å². The zero-order valence-corrected chi connectivity index (χ0v) is 15.1. The Bertz CT molecular complexity index is 860. The molecule has 0 saturated carbocycles. The predicted molar refractivity (Wildman–Crippen MR) is 104 cm³/mol. The quantitative estimate of drug-likeness (QED) is 0.742. The fourth-order valence-corrected chi connectivity index (χ4v) is 3.83. The van der Waals surface area contributed by atoms with Gasteiger partial charge in [-0.1, -0.05) is 30.3 Å². The molecule has 2 aromatic carbocycles. The van der Waals surface area contributed by atoms with E-state index in [4.69, 9.17) is 10.5 Å². The van der Waals surface area contributed by atoms with E-state index in [1.807, 2.05) is 12.3 Å². The van der Waals surface area contributed by atoms with Crippen LogP contribution in [0.2, 0.25) is 0 Å². The number of nitrogens with two attached hydrogens (primary N) is 1. The van der Waals surface area contributed by atoms with Gasteiger partial charge in [0, 0.05) is 25.0 Å². The molecular formula is C21H26N4O. The first-order valence-corrected chi connectivity index (χ1v) is 9.40. The van der Waals surface area contributed by atoms with Gasteiger partial charge in [-0.05, 0) is 43.1 Å². The molecule has 5 heteroatoms. The first-order valence-electron chi connectivity index (χ1n) is 9.40. The maximum Gasteiger partial charge on any atom is 0.119 e. The Morgan fingerprint density at radius 1 is 1.15 bits per heavy atom. The van der Waals surface area contributed by atoms with Crippen LogP contribution in [0.1, 0.15) is 24.4 Å². The Morgan fingerprint density at radius 3 is 3.00 bits per heavy atom. The zero-order valence-electron chi connectivity index (χ0n) is 15.1. The van der Waals surface area contributed by atoms with E-state index in [1.54, 1.807) is 0 Å². The van der Waals surface area contributed by atoms with E-state index in [-0.39, 0.29) is 0 Å². The van der Waals surface area contributed by atoms with Crippen molar-refractivity contribution >= 4 is 10.9 Å². The molecule has 4 rings (SSSR count). The molecule has 0 amide bonds. The summed E-state index contributed by atoms with van der Waals surface area (Å²) in [7, 11) is 0. The lowest BCUT2D eigenvalue weighted by Crippen LogP contribution is -2.36. The fraction of sp³-hybridized carbons (Fsp3) is 0.381. The van der Waals surface area contributed by atoms with Gasteiger partial charge in [-0.3, -0.25) is 9.58 Å². The second-order valence-electron chi connectivity index (χ2n) is 6.96. The molecule has 0 radical (unpaired) electrons. The van der Waals surface area contributed by atoms with Gasteiger partial charge in [-0.15, -0.1) is 0 Å². The molecule has 26 heavy (non-hydrogen) atoms.